The number of rotatable bonds is 6. The summed E-state index contributed by atoms with van der Waals surface area (Å²) < 4.78 is 1.12. The molecule has 0 radical (unpaired) electrons. The molecule has 0 bridgehead atoms. The van der Waals surface area contributed by atoms with Gasteiger partial charge in [-0.25, -0.2) is 0 Å². The molecule has 4 rings (SSSR count). The fourth-order valence-corrected chi connectivity index (χ4v) is 5.19. The molecular weight excluding hydrogens is 583 g/mol. The van der Waals surface area contributed by atoms with Crippen LogP contribution in [0.15, 0.2) is 89.4 Å². The molecule has 0 aliphatic heterocycles. The standard InChI is InChI=1S/C18H23N.C12H18BrN.C6H7BO2/c1-12(2)16-10-15(14-8-6-5-7-9-14)11-17(13(3)4)18(16)19;1-7(2)10-5-9(13)6-11(8(3)4)12(10)14;8-7(9)6-4-2-1-3-5-6/h5-13H,19H2,1-4H3;5-8H,14H2,1-4H3;1-5,8-9H. The molecule has 0 atom stereocenters. The molecule has 0 fully saturated rings. The smallest absolute Gasteiger partial charge is 0.423 e. The van der Waals surface area contributed by atoms with E-state index in [0.717, 1.165) is 15.8 Å². The van der Waals surface area contributed by atoms with Gasteiger partial charge in [0, 0.05) is 15.8 Å². The van der Waals surface area contributed by atoms with E-state index in [4.69, 9.17) is 21.5 Å². The lowest BCUT2D eigenvalue weighted by Crippen LogP contribution is -2.29. The zero-order chi connectivity index (χ0) is 31.6. The summed E-state index contributed by atoms with van der Waals surface area (Å²) in [6.45, 7) is 17.5. The second-order valence-corrected chi connectivity index (χ2v) is 12.8. The predicted octanol–water partition coefficient (Wildman–Crippen LogP) is 8.83. The first kappa shape index (κ1) is 35.1. The van der Waals surface area contributed by atoms with Crippen molar-refractivity contribution in [2.75, 3.05) is 11.5 Å². The van der Waals surface area contributed by atoms with E-state index in [0.29, 0.717) is 29.1 Å². The fraction of sp³-hybridized carbons (Fsp3) is 0.333. The van der Waals surface area contributed by atoms with Crippen molar-refractivity contribution < 1.29 is 10.0 Å². The molecule has 0 saturated carbocycles. The van der Waals surface area contributed by atoms with Gasteiger partial charge in [0.1, 0.15) is 0 Å². The van der Waals surface area contributed by atoms with Crippen molar-refractivity contribution in [3.05, 3.63) is 112 Å². The molecule has 0 heterocycles. The molecular formula is C36H48BBrN2O2. The SMILES string of the molecule is CC(C)c1cc(-c2ccccc2)cc(C(C)C)c1N.CC(C)c1cc(Br)cc(C(C)C)c1N.OB(O)c1ccccc1. The summed E-state index contributed by atoms with van der Waals surface area (Å²) >= 11 is 3.53. The average Bonchev–Trinajstić information content (AvgIpc) is 2.95. The van der Waals surface area contributed by atoms with Gasteiger partial charge in [-0.05, 0) is 86.8 Å². The van der Waals surface area contributed by atoms with Gasteiger partial charge in [0.15, 0.2) is 0 Å². The highest BCUT2D eigenvalue weighted by Crippen LogP contribution is 2.35. The molecule has 0 amide bonds. The van der Waals surface area contributed by atoms with Crippen molar-refractivity contribution in [1.82, 2.24) is 0 Å². The number of hydrogen-bond acceptors (Lipinski definition) is 4. The van der Waals surface area contributed by atoms with Crippen LogP contribution in [0.4, 0.5) is 11.4 Å². The summed E-state index contributed by atoms with van der Waals surface area (Å²) in [6.07, 6.45) is 0. The number of nitrogen functional groups attached to an aromatic ring is 2. The van der Waals surface area contributed by atoms with Gasteiger partial charge in [0.05, 0.1) is 0 Å². The Balaban J connectivity index is 0.000000235. The van der Waals surface area contributed by atoms with Crippen molar-refractivity contribution in [2.45, 2.75) is 79.1 Å². The van der Waals surface area contributed by atoms with Gasteiger partial charge >= 0.3 is 7.12 Å². The van der Waals surface area contributed by atoms with Crippen molar-refractivity contribution in [1.29, 1.82) is 0 Å². The molecule has 6 N–H and O–H groups in total. The Kier molecular flexibility index (Phi) is 13.8. The Morgan fingerprint density at radius 3 is 1.17 bits per heavy atom. The van der Waals surface area contributed by atoms with E-state index < -0.39 is 7.12 Å². The lowest BCUT2D eigenvalue weighted by atomic mass is 9.81. The molecule has 6 heteroatoms. The zero-order valence-electron chi connectivity index (χ0n) is 26.4. The topological polar surface area (TPSA) is 92.5 Å². The molecule has 0 unspecified atom stereocenters. The minimum atomic E-state index is -1.34. The molecule has 0 aliphatic carbocycles. The summed E-state index contributed by atoms with van der Waals surface area (Å²) in [5, 5.41) is 17.2. The first-order valence-corrected chi connectivity index (χ1v) is 15.5. The summed E-state index contributed by atoms with van der Waals surface area (Å²) in [6, 6.07) is 27.9. The number of benzene rings is 4. The van der Waals surface area contributed by atoms with Crippen LogP contribution < -0.4 is 16.9 Å². The van der Waals surface area contributed by atoms with Gasteiger partial charge in [0.2, 0.25) is 0 Å². The van der Waals surface area contributed by atoms with Crippen molar-refractivity contribution in [2.24, 2.45) is 0 Å². The Morgan fingerprint density at radius 1 is 0.524 bits per heavy atom. The van der Waals surface area contributed by atoms with E-state index in [1.807, 2.05) is 12.1 Å². The van der Waals surface area contributed by atoms with E-state index in [9.17, 15) is 0 Å². The quantitative estimate of drug-likeness (QED) is 0.126. The summed E-state index contributed by atoms with van der Waals surface area (Å²) in [4.78, 5) is 0. The largest absolute Gasteiger partial charge is 0.488 e. The maximum atomic E-state index is 8.58. The Hall–Kier alpha value is -3.06. The number of halogens is 1. The monoisotopic (exact) mass is 630 g/mol. The molecule has 0 aliphatic rings. The molecule has 0 saturated heterocycles. The molecule has 42 heavy (non-hydrogen) atoms. The van der Waals surface area contributed by atoms with Crippen LogP contribution in [-0.2, 0) is 0 Å². The van der Waals surface area contributed by atoms with Gasteiger partial charge in [0.25, 0.3) is 0 Å². The Morgan fingerprint density at radius 2 is 0.857 bits per heavy atom. The van der Waals surface area contributed by atoms with E-state index >= 15 is 0 Å². The van der Waals surface area contributed by atoms with Gasteiger partial charge in [-0.2, -0.15) is 0 Å². The zero-order valence-corrected chi connectivity index (χ0v) is 28.0. The van der Waals surface area contributed by atoms with Crippen LogP contribution in [0.3, 0.4) is 0 Å². The third-order valence-corrected chi connectivity index (χ3v) is 7.60. The maximum Gasteiger partial charge on any atom is 0.488 e. The maximum absolute atomic E-state index is 8.58. The van der Waals surface area contributed by atoms with Crippen LogP contribution in [-0.4, -0.2) is 17.2 Å². The van der Waals surface area contributed by atoms with Crippen LogP contribution >= 0.6 is 15.9 Å². The lowest BCUT2D eigenvalue weighted by Gasteiger charge is -2.19. The second kappa shape index (κ2) is 16.5. The second-order valence-electron chi connectivity index (χ2n) is 11.8. The summed E-state index contributed by atoms with van der Waals surface area (Å²) in [5.41, 5.74) is 22.4. The highest BCUT2D eigenvalue weighted by molar-refractivity contribution is 9.10. The van der Waals surface area contributed by atoms with Crippen molar-refractivity contribution in [3.8, 4) is 11.1 Å². The summed E-state index contributed by atoms with van der Waals surface area (Å²) in [5.74, 6) is 1.84. The minimum absolute atomic E-state index is 0.446. The Bertz CT molecular complexity index is 1330. The van der Waals surface area contributed by atoms with E-state index in [-0.39, 0.29) is 0 Å². The van der Waals surface area contributed by atoms with Crippen LogP contribution in [0.2, 0.25) is 0 Å². The molecule has 224 valence electrons. The third-order valence-electron chi connectivity index (χ3n) is 7.15. The minimum Gasteiger partial charge on any atom is -0.423 e. The molecule has 4 nitrogen and oxygen atoms in total. The fourth-order valence-electron chi connectivity index (χ4n) is 4.69. The van der Waals surface area contributed by atoms with Gasteiger partial charge < -0.3 is 21.5 Å². The van der Waals surface area contributed by atoms with Crippen LogP contribution in [0.5, 0.6) is 0 Å². The van der Waals surface area contributed by atoms with Gasteiger partial charge in [-0.3, -0.25) is 0 Å². The van der Waals surface area contributed by atoms with E-state index in [1.54, 1.807) is 24.3 Å². The van der Waals surface area contributed by atoms with Gasteiger partial charge in [-0.15, -0.1) is 0 Å². The number of nitrogens with two attached hydrogens (primary N) is 2. The van der Waals surface area contributed by atoms with Gasteiger partial charge in [-0.1, -0.05) is 132 Å². The predicted molar refractivity (Wildman–Crippen MR) is 187 cm³/mol. The first-order valence-electron chi connectivity index (χ1n) is 14.7. The first-order chi connectivity index (χ1) is 19.7. The third kappa shape index (κ3) is 10.0. The highest BCUT2D eigenvalue weighted by atomic mass is 79.9. The van der Waals surface area contributed by atoms with Crippen molar-refractivity contribution >= 4 is 39.9 Å². The van der Waals surface area contributed by atoms with E-state index in [2.05, 4.69) is 120 Å². The average molecular weight is 632 g/mol. The van der Waals surface area contributed by atoms with Crippen LogP contribution in [0, 0.1) is 0 Å². The lowest BCUT2D eigenvalue weighted by molar-refractivity contribution is 0.426. The molecule has 4 aromatic rings. The number of anilines is 2. The van der Waals surface area contributed by atoms with Crippen molar-refractivity contribution in [3.63, 3.8) is 0 Å². The van der Waals surface area contributed by atoms with Crippen LogP contribution in [0.1, 0.15) is 101 Å². The number of hydrogen-bond donors (Lipinski definition) is 4. The highest BCUT2D eigenvalue weighted by Gasteiger charge is 2.14. The normalized spacial score (nSPS) is 10.8. The molecule has 0 aromatic heterocycles. The Labute approximate surface area is 262 Å². The molecule has 4 aromatic carbocycles. The van der Waals surface area contributed by atoms with Crippen LogP contribution in [0.25, 0.3) is 11.1 Å². The molecule has 0 spiro atoms. The van der Waals surface area contributed by atoms with E-state index in [1.165, 1.54) is 33.4 Å². The summed E-state index contributed by atoms with van der Waals surface area (Å²) in [7, 11) is -1.34.